The maximum absolute atomic E-state index is 12.6. The van der Waals surface area contributed by atoms with E-state index < -0.39 is 0 Å². The van der Waals surface area contributed by atoms with Crippen molar-refractivity contribution in [3.05, 3.63) is 52.5 Å². The van der Waals surface area contributed by atoms with E-state index in [0.29, 0.717) is 6.54 Å². The van der Waals surface area contributed by atoms with Crippen LogP contribution < -0.4 is 10.5 Å². The summed E-state index contributed by atoms with van der Waals surface area (Å²) in [6.07, 6.45) is 8.18. The molecule has 1 fully saturated rings. The van der Waals surface area contributed by atoms with Gasteiger partial charge in [-0.2, -0.15) is 16.9 Å². The molecule has 0 bridgehead atoms. The van der Waals surface area contributed by atoms with Gasteiger partial charge in [0.2, 0.25) is 0 Å². The fourth-order valence-corrected chi connectivity index (χ4v) is 4.96. The molecule has 5 rings (SSSR count). The minimum Gasteiger partial charge on any atom is -0.351 e. The van der Waals surface area contributed by atoms with Crippen LogP contribution in [0.15, 0.2) is 35.6 Å². The van der Waals surface area contributed by atoms with E-state index in [1.54, 1.807) is 29.5 Å². The van der Waals surface area contributed by atoms with Gasteiger partial charge in [-0.25, -0.2) is 14.6 Å². The van der Waals surface area contributed by atoms with E-state index in [-0.39, 0.29) is 11.6 Å². The Morgan fingerprint density at radius 2 is 2.26 bits per heavy atom. The number of thioether (sulfide) groups is 1. The highest BCUT2D eigenvalue weighted by atomic mass is 32.2. The minimum atomic E-state index is -0.000143. The summed E-state index contributed by atoms with van der Waals surface area (Å²) in [5.41, 5.74) is 3.02. The summed E-state index contributed by atoms with van der Waals surface area (Å²) >= 11 is 1.87. The predicted molar refractivity (Wildman–Crippen MR) is 106 cm³/mol. The maximum atomic E-state index is 12.6. The fraction of sp³-hybridized carbons (Fsp3) is 0.421. The van der Waals surface area contributed by atoms with E-state index in [4.69, 9.17) is 0 Å². The van der Waals surface area contributed by atoms with Crippen molar-refractivity contribution in [3.63, 3.8) is 0 Å². The van der Waals surface area contributed by atoms with Gasteiger partial charge in [0.15, 0.2) is 0 Å². The second-order valence-corrected chi connectivity index (χ2v) is 8.12. The van der Waals surface area contributed by atoms with Crippen molar-refractivity contribution in [2.24, 2.45) is 0 Å². The zero-order chi connectivity index (χ0) is 18.2. The average Bonchev–Trinajstić information content (AvgIpc) is 3.16. The number of aryl methyl sites for hydroxylation is 1. The molecule has 3 aromatic rings. The third kappa shape index (κ3) is 3.07. The Kier molecular flexibility index (Phi) is 4.27. The summed E-state index contributed by atoms with van der Waals surface area (Å²) in [5, 5.41) is 5.69. The van der Waals surface area contributed by atoms with Crippen LogP contribution in [0.25, 0.3) is 10.9 Å². The van der Waals surface area contributed by atoms with E-state index in [0.717, 1.165) is 65.3 Å². The molecule has 1 atom stereocenters. The summed E-state index contributed by atoms with van der Waals surface area (Å²) in [6, 6.07) is 3.94. The number of hydrogen-bond donors (Lipinski definition) is 0. The Balaban J connectivity index is 1.48. The zero-order valence-electron chi connectivity index (χ0n) is 14.9. The summed E-state index contributed by atoms with van der Waals surface area (Å²) in [4.78, 5) is 27.9. The monoisotopic (exact) mass is 380 g/mol. The lowest BCUT2D eigenvalue weighted by Gasteiger charge is -2.27. The first kappa shape index (κ1) is 16.7. The topological polar surface area (TPSA) is 76.8 Å². The molecule has 7 nitrogen and oxygen atoms in total. The minimum absolute atomic E-state index is 0.000143. The molecule has 0 radical (unpaired) electrons. The number of pyridine rings is 1. The Hall–Kier alpha value is -2.48. The zero-order valence-corrected chi connectivity index (χ0v) is 15.7. The Labute approximate surface area is 160 Å². The Morgan fingerprint density at radius 3 is 3.22 bits per heavy atom. The molecule has 1 unspecified atom stereocenters. The molecular formula is C19H20N6OS. The number of nitrogens with zero attached hydrogens (tertiary/aromatic N) is 6. The van der Waals surface area contributed by atoms with Crippen molar-refractivity contribution in [2.75, 3.05) is 17.2 Å². The average molecular weight is 380 g/mol. The van der Waals surface area contributed by atoms with Crippen LogP contribution in [0.5, 0.6) is 0 Å². The summed E-state index contributed by atoms with van der Waals surface area (Å²) < 4.78 is 1.66. The normalized spacial score (nSPS) is 19.4. The molecule has 0 amide bonds. The van der Waals surface area contributed by atoms with Crippen LogP contribution in [-0.2, 0) is 18.7 Å². The van der Waals surface area contributed by atoms with E-state index in [2.05, 4.69) is 25.0 Å². The van der Waals surface area contributed by atoms with Crippen molar-refractivity contribution in [1.82, 2.24) is 24.7 Å². The maximum Gasteiger partial charge on any atom is 0.267 e. The van der Waals surface area contributed by atoms with Crippen LogP contribution in [0, 0.1) is 0 Å². The van der Waals surface area contributed by atoms with Gasteiger partial charge < -0.3 is 4.90 Å². The highest BCUT2D eigenvalue weighted by Gasteiger charge is 2.28. The van der Waals surface area contributed by atoms with Crippen LogP contribution in [-0.4, -0.2) is 43.1 Å². The molecule has 5 heterocycles. The first-order chi connectivity index (χ1) is 13.3. The SMILES string of the molecule is O=c1cc2c(nn1CC1CCCN1c1ncnc3cnccc13)CCSC2. The number of rotatable bonds is 3. The molecule has 0 saturated carbocycles. The molecule has 27 heavy (non-hydrogen) atoms. The summed E-state index contributed by atoms with van der Waals surface area (Å²) in [5.74, 6) is 2.90. The first-order valence-electron chi connectivity index (χ1n) is 9.28. The van der Waals surface area contributed by atoms with Gasteiger partial charge in [-0.3, -0.25) is 9.78 Å². The molecule has 1 saturated heterocycles. The smallest absolute Gasteiger partial charge is 0.267 e. The molecule has 0 aliphatic carbocycles. The first-order valence-corrected chi connectivity index (χ1v) is 10.4. The van der Waals surface area contributed by atoms with Crippen LogP contribution in [0.4, 0.5) is 5.82 Å². The van der Waals surface area contributed by atoms with Crippen molar-refractivity contribution in [3.8, 4) is 0 Å². The third-order valence-corrected chi connectivity index (χ3v) is 6.36. The second kappa shape index (κ2) is 6.92. The number of hydrogen-bond acceptors (Lipinski definition) is 7. The Bertz CT molecular complexity index is 1050. The van der Waals surface area contributed by atoms with Gasteiger partial charge in [0.25, 0.3) is 5.56 Å². The fourth-order valence-electron chi connectivity index (χ4n) is 4.01. The molecule has 2 aliphatic rings. The van der Waals surface area contributed by atoms with Gasteiger partial charge in [0.1, 0.15) is 12.1 Å². The third-order valence-electron chi connectivity index (χ3n) is 5.36. The van der Waals surface area contributed by atoms with Crippen LogP contribution in [0.2, 0.25) is 0 Å². The van der Waals surface area contributed by atoms with Crippen molar-refractivity contribution >= 4 is 28.5 Å². The second-order valence-electron chi connectivity index (χ2n) is 7.02. The van der Waals surface area contributed by atoms with Crippen molar-refractivity contribution < 1.29 is 0 Å². The van der Waals surface area contributed by atoms with Gasteiger partial charge in [-0.05, 0) is 30.2 Å². The van der Waals surface area contributed by atoms with Gasteiger partial charge in [-0.15, -0.1) is 0 Å². The van der Waals surface area contributed by atoms with Crippen LogP contribution >= 0.6 is 11.8 Å². The highest BCUT2D eigenvalue weighted by Crippen LogP contribution is 2.29. The van der Waals surface area contributed by atoms with Gasteiger partial charge in [-0.1, -0.05) is 0 Å². The molecule has 0 aromatic carbocycles. The van der Waals surface area contributed by atoms with Crippen molar-refractivity contribution in [2.45, 2.75) is 37.6 Å². The van der Waals surface area contributed by atoms with E-state index >= 15 is 0 Å². The van der Waals surface area contributed by atoms with E-state index in [1.807, 2.05) is 17.8 Å². The molecule has 2 aliphatic heterocycles. The summed E-state index contributed by atoms with van der Waals surface area (Å²) in [6.45, 7) is 1.52. The molecule has 3 aromatic heterocycles. The van der Waals surface area contributed by atoms with Gasteiger partial charge >= 0.3 is 0 Å². The number of anilines is 1. The van der Waals surface area contributed by atoms with E-state index in [1.165, 1.54) is 0 Å². The number of aromatic nitrogens is 5. The predicted octanol–water partition coefficient (Wildman–Crippen LogP) is 2.04. The molecule has 8 heteroatoms. The van der Waals surface area contributed by atoms with Gasteiger partial charge in [0, 0.05) is 36.4 Å². The lowest BCUT2D eigenvalue weighted by molar-refractivity contribution is 0.480. The van der Waals surface area contributed by atoms with Crippen LogP contribution in [0.3, 0.4) is 0 Å². The summed E-state index contributed by atoms with van der Waals surface area (Å²) in [7, 11) is 0. The number of fused-ring (bicyclic) bond motifs is 2. The van der Waals surface area contributed by atoms with E-state index in [9.17, 15) is 4.79 Å². The van der Waals surface area contributed by atoms with Gasteiger partial charge in [0.05, 0.1) is 30.0 Å². The highest BCUT2D eigenvalue weighted by molar-refractivity contribution is 7.98. The molecule has 0 N–H and O–H groups in total. The molecular weight excluding hydrogens is 360 g/mol. The Morgan fingerprint density at radius 1 is 1.30 bits per heavy atom. The van der Waals surface area contributed by atoms with Crippen LogP contribution in [0.1, 0.15) is 24.1 Å². The largest absolute Gasteiger partial charge is 0.351 e. The molecule has 0 spiro atoms. The van der Waals surface area contributed by atoms with Crippen molar-refractivity contribution in [1.29, 1.82) is 0 Å². The quantitative estimate of drug-likeness (QED) is 0.688. The standard InChI is InChI=1S/C19H20N6OS/c26-18-8-13-11-27-7-4-16(13)23-25(18)10-14-2-1-6-24(14)19-15-3-5-20-9-17(15)21-12-22-19/h3,5,8-9,12,14H,1-2,4,6-7,10-11H2. The lowest BCUT2D eigenvalue weighted by atomic mass is 10.2. The lowest BCUT2D eigenvalue weighted by Crippen LogP contribution is -2.38. The molecule has 138 valence electrons.